The molecular weight excluding hydrogens is 375 g/mol. The smallest absolute Gasteiger partial charge is 0.354 e. The van der Waals surface area contributed by atoms with E-state index in [4.69, 9.17) is 11.6 Å². The summed E-state index contributed by atoms with van der Waals surface area (Å²) in [6, 6.07) is 5.56. The summed E-state index contributed by atoms with van der Waals surface area (Å²) in [4.78, 5) is 14.2. The molecule has 0 saturated carbocycles. The SMILES string of the molecule is O=C(CCSc1ccc(Cl)cc1)NCC(N1CCNCC1)C(F)(F)F. The molecule has 1 saturated heterocycles. The number of rotatable bonds is 7. The molecule has 1 heterocycles. The fourth-order valence-corrected chi connectivity index (χ4v) is 3.51. The van der Waals surface area contributed by atoms with Crippen LogP contribution in [0.2, 0.25) is 5.02 Å². The van der Waals surface area contributed by atoms with E-state index in [0.717, 1.165) is 4.90 Å². The molecule has 0 spiro atoms. The molecule has 2 rings (SSSR count). The van der Waals surface area contributed by atoms with Gasteiger partial charge in [0.1, 0.15) is 6.04 Å². The Morgan fingerprint density at radius 3 is 2.52 bits per heavy atom. The van der Waals surface area contributed by atoms with Crippen LogP contribution in [0.1, 0.15) is 6.42 Å². The standard InChI is InChI=1S/C16H21ClF3N3OS/c17-12-1-3-13(4-2-12)25-10-5-15(24)22-11-14(16(18,19)20)23-8-6-21-7-9-23/h1-4,14,21H,5-11H2,(H,22,24). The maximum atomic E-state index is 13.2. The predicted molar refractivity (Wildman–Crippen MR) is 94.1 cm³/mol. The Hall–Kier alpha value is -0.960. The Labute approximate surface area is 154 Å². The fraction of sp³-hybridized carbons (Fsp3) is 0.562. The first-order chi connectivity index (χ1) is 11.9. The molecule has 1 atom stereocenters. The monoisotopic (exact) mass is 395 g/mol. The first-order valence-corrected chi connectivity index (χ1v) is 9.39. The van der Waals surface area contributed by atoms with Gasteiger partial charge in [-0.25, -0.2) is 0 Å². The lowest BCUT2D eigenvalue weighted by Gasteiger charge is -2.35. The fourth-order valence-electron chi connectivity index (χ4n) is 2.54. The van der Waals surface area contributed by atoms with E-state index in [0.29, 0.717) is 37.0 Å². The van der Waals surface area contributed by atoms with Crippen LogP contribution >= 0.6 is 23.4 Å². The van der Waals surface area contributed by atoms with Gasteiger partial charge in [-0.2, -0.15) is 13.2 Å². The average Bonchev–Trinajstić information content (AvgIpc) is 2.56. The molecule has 1 unspecified atom stereocenters. The van der Waals surface area contributed by atoms with Gasteiger partial charge in [0.05, 0.1) is 0 Å². The first kappa shape index (κ1) is 20.4. The highest BCUT2D eigenvalue weighted by atomic mass is 35.5. The minimum atomic E-state index is -4.36. The molecule has 4 nitrogen and oxygen atoms in total. The molecule has 0 bridgehead atoms. The number of hydrogen-bond donors (Lipinski definition) is 2. The summed E-state index contributed by atoms with van der Waals surface area (Å²) in [6.07, 6.45) is -4.19. The zero-order chi connectivity index (χ0) is 18.3. The van der Waals surface area contributed by atoms with Crippen LogP contribution in [0.25, 0.3) is 0 Å². The van der Waals surface area contributed by atoms with E-state index in [-0.39, 0.29) is 12.3 Å². The van der Waals surface area contributed by atoms with Crippen LogP contribution in [-0.4, -0.2) is 61.5 Å². The highest BCUT2D eigenvalue weighted by molar-refractivity contribution is 7.99. The van der Waals surface area contributed by atoms with E-state index < -0.39 is 18.8 Å². The molecule has 1 aliphatic heterocycles. The summed E-state index contributed by atoms with van der Waals surface area (Å²) >= 11 is 7.26. The lowest BCUT2D eigenvalue weighted by atomic mass is 10.2. The largest absolute Gasteiger partial charge is 0.405 e. The molecule has 1 fully saturated rings. The molecule has 0 radical (unpaired) electrons. The topological polar surface area (TPSA) is 44.4 Å². The van der Waals surface area contributed by atoms with Crippen molar-refractivity contribution >= 4 is 29.3 Å². The normalized spacial score (nSPS) is 17.3. The number of carbonyl (C=O) groups is 1. The minimum absolute atomic E-state index is 0.166. The highest BCUT2D eigenvalue weighted by Crippen LogP contribution is 2.25. The number of benzene rings is 1. The summed E-state index contributed by atoms with van der Waals surface area (Å²) in [7, 11) is 0. The zero-order valence-electron chi connectivity index (χ0n) is 13.6. The predicted octanol–water partition coefficient (Wildman–Crippen LogP) is 2.77. The van der Waals surface area contributed by atoms with Gasteiger partial charge in [-0.05, 0) is 24.3 Å². The molecule has 25 heavy (non-hydrogen) atoms. The molecule has 140 valence electrons. The van der Waals surface area contributed by atoms with Gasteiger partial charge in [0.2, 0.25) is 5.91 Å². The van der Waals surface area contributed by atoms with Crippen molar-refractivity contribution in [1.82, 2.24) is 15.5 Å². The summed E-state index contributed by atoms with van der Waals surface area (Å²) < 4.78 is 39.7. The molecule has 9 heteroatoms. The summed E-state index contributed by atoms with van der Waals surface area (Å²) in [5, 5.41) is 6.08. The van der Waals surface area contributed by atoms with Crippen LogP contribution in [0.4, 0.5) is 13.2 Å². The number of alkyl halides is 3. The van der Waals surface area contributed by atoms with Crippen molar-refractivity contribution in [2.75, 3.05) is 38.5 Å². The molecule has 2 N–H and O–H groups in total. The van der Waals surface area contributed by atoms with Gasteiger partial charge in [0, 0.05) is 54.8 Å². The Kier molecular flexibility index (Phi) is 7.86. The first-order valence-electron chi connectivity index (χ1n) is 8.03. The van der Waals surface area contributed by atoms with E-state index in [1.54, 1.807) is 12.1 Å². The Bertz CT molecular complexity index is 551. The summed E-state index contributed by atoms with van der Waals surface area (Å²) in [6.45, 7) is 1.30. The number of piperazine rings is 1. The quantitative estimate of drug-likeness (QED) is 0.697. The van der Waals surface area contributed by atoms with Crippen LogP contribution in [0.3, 0.4) is 0 Å². The van der Waals surface area contributed by atoms with E-state index >= 15 is 0 Å². The lowest BCUT2D eigenvalue weighted by molar-refractivity contribution is -0.184. The third-order valence-corrected chi connectivity index (χ3v) is 5.14. The second kappa shape index (κ2) is 9.66. The molecule has 0 aromatic heterocycles. The number of amides is 1. The van der Waals surface area contributed by atoms with Gasteiger partial charge in [0.15, 0.2) is 0 Å². The van der Waals surface area contributed by atoms with E-state index in [1.807, 2.05) is 12.1 Å². The van der Waals surface area contributed by atoms with Crippen molar-refractivity contribution in [3.8, 4) is 0 Å². The van der Waals surface area contributed by atoms with Crippen molar-refractivity contribution in [1.29, 1.82) is 0 Å². The average molecular weight is 396 g/mol. The van der Waals surface area contributed by atoms with E-state index in [2.05, 4.69) is 10.6 Å². The summed E-state index contributed by atoms with van der Waals surface area (Å²) in [5.41, 5.74) is 0. The molecular formula is C16H21ClF3N3OS. The van der Waals surface area contributed by atoms with Crippen molar-refractivity contribution in [3.63, 3.8) is 0 Å². The molecule has 1 aromatic carbocycles. The van der Waals surface area contributed by atoms with Crippen LogP contribution in [-0.2, 0) is 4.79 Å². The Balaban J connectivity index is 1.75. The lowest BCUT2D eigenvalue weighted by Crippen LogP contribution is -2.57. The van der Waals surface area contributed by atoms with E-state index in [1.165, 1.54) is 16.7 Å². The van der Waals surface area contributed by atoms with Gasteiger partial charge in [-0.15, -0.1) is 11.8 Å². The number of carbonyl (C=O) groups excluding carboxylic acids is 1. The molecule has 1 aliphatic rings. The van der Waals surface area contributed by atoms with Crippen LogP contribution < -0.4 is 10.6 Å². The number of nitrogens with one attached hydrogen (secondary N) is 2. The number of thioether (sulfide) groups is 1. The van der Waals surface area contributed by atoms with Gasteiger partial charge in [-0.3, -0.25) is 9.69 Å². The summed E-state index contributed by atoms with van der Waals surface area (Å²) in [5.74, 6) is 0.128. The van der Waals surface area contributed by atoms with Crippen molar-refractivity contribution < 1.29 is 18.0 Å². The molecule has 0 aliphatic carbocycles. The molecule has 1 amide bonds. The van der Waals surface area contributed by atoms with Crippen LogP contribution in [0.5, 0.6) is 0 Å². The van der Waals surface area contributed by atoms with Crippen molar-refractivity contribution in [2.45, 2.75) is 23.5 Å². The maximum Gasteiger partial charge on any atom is 0.405 e. The van der Waals surface area contributed by atoms with Gasteiger partial charge < -0.3 is 10.6 Å². The second-order valence-corrected chi connectivity index (χ2v) is 7.30. The third-order valence-electron chi connectivity index (χ3n) is 3.87. The second-order valence-electron chi connectivity index (χ2n) is 5.70. The highest BCUT2D eigenvalue weighted by Gasteiger charge is 2.43. The number of halogens is 4. The maximum absolute atomic E-state index is 13.2. The third kappa shape index (κ3) is 7.05. The van der Waals surface area contributed by atoms with Crippen LogP contribution in [0.15, 0.2) is 29.2 Å². The van der Waals surface area contributed by atoms with Crippen molar-refractivity contribution in [3.05, 3.63) is 29.3 Å². The minimum Gasteiger partial charge on any atom is -0.354 e. The number of nitrogens with zero attached hydrogens (tertiary/aromatic N) is 1. The Morgan fingerprint density at radius 1 is 1.28 bits per heavy atom. The van der Waals surface area contributed by atoms with Crippen LogP contribution in [0, 0.1) is 0 Å². The van der Waals surface area contributed by atoms with Gasteiger partial charge in [-0.1, -0.05) is 11.6 Å². The Morgan fingerprint density at radius 2 is 1.92 bits per heavy atom. The number of hydrogen-bond acceptors (Lipinski definition) is 4. The molecule has 1 aromatic rings. The van der Waals surface area contributed by atoms with Gasteiger partial charge >= 0.3 is 6.18 Å². The van der Waals surface area contributed by atoms with Crippen molar-refractivity contribution in [2.24, 2.45) is 0 Å². The van der Waals surface area contributed by atoms with Gasteiger partial charge in [0.25, 0.3) is 0 Å². The van der Waals surface area contributed by atoms with E-state index in [9.17, 15) is 18.0 Å². The zero-order valence-corrected chi connectivity index (χ0v) is 15.2.